The van der Waals surface area contributed by atoms with Gasteiger partial charge in [0.15, 0.2) is 0 Å². The number of benzene rings is 2. The van der Waals surface area contributed by atoms with E-state index in [1.165, 1.54) is 18.9 Å². The molecule has 4 heteroatoms. The topological polar surface area (TPSA) is 40.5 Å². The second-order valence-corrected chi connectivity index (χ2v) is 6.01. The Morgan fingerprint density at radius 2 is 1.87 bits per heavy atom. The first-order valence-electron chi connectivity index (χ1n) is 7.94. The lowest BCUT2D eigenvalue weighted by Crippen LogP contribution is -2.23. The predicted octanol–water partition coefficient (Wildman–Crippen LogP) is 4.35. The quantitative estimate of drug-likeness (QED) is 0.912. The van der Waals surface area contributed by atoms with Crippen LogP contribution in [0.4, 0.5) is 4.39 Å². The number of hydrogen-bond acceptors (Lipinski definition) is 2. The Labute approximate surface area is 135 Å². The Morgan fingerprint density at radius 1 is 1.17 bits per heavy atom. The first kappa shape index (κ1) is 15.7. The number of carboxylic acid groups (broad SMARTS) is 1. The third-order valence-corrected chi connectivity index (χ3v) is 4.60. The molecule has 1 fully saturated rings. The van der Waals surface area contributed by atoms with E-state index in [4.69, 9.17) is 0 Å². The molecule has 0 amide bonds. The van der Waals surface area contributed by atoms with Crippen LogP contribution >= 0.6 is 0 Å². The highest BCUT2D eigenvalue weighted by Crippen LogP contribution is 2.30. The minimum atomic E-state index is -1.24. The molecule has 1 heterocycles. The number of carboxylic acids is 1. The molecule has 2 aromatic carbocycles. The van der Waals surface area contributed by atoms with Gasteiger partial charge in [-0.25, -0.2) is 9.18 Å². The average Bonchev–Trinajstić information content (AvgIpc) is 3.08. The molecular weight excluding hydrogens is 293 g/mol. The summed E-state index contributed by atoms with van der Waals surface area (Å²) in [5.41, 5.74) is 2.03. The summed E-state index contributed by atoms with van der Waals surface area (Å²) in [7, 11) is 0. The minimum absolute atomic E-state index is 0.265. The molecule has 0 aromatic heterocycles. The van der Waals surface area contributed by atoms with Crippen LogP contribution in [-0.4, -0.2) is 29.1 Å². The maximum absolute atomic E-state index is 13.9. The van der Waals surface area contributed by atoms with Crippen LogP contribution in [0, 0.1) is 5.82 Å². The summed E-state index contributed by atoms with van der Waals surface area (Å²) in [5, 5.41) is 9.31. The number of likely N-dealkylation sites (tertiary alicyclic amines) is 1. The number of halogens is 1. The normalized spacial score (nSPS) is 16.4. The van der Waals surface area contributed by atoms with Crippen LogP contribution in [0.3, 0.4) is 0 Å². The zero-order valence-corrected chi connectivity index (χ0v) is 13.1. The highest BCUT2D eigenvalue weighted by Gasteiger charge is 2.21. The summed E-state index contributed by atoms with van der Waals surface area (Å²) < 4.78 is 13.9. The van der Waals surface area contributed by atoms with Gasteiger partial charge in [-0.15, -0.1) is 0 Å². The van der Waals surface area contributed by atoms with E-state index in [1.54, 1.807) is 12.1 Å². The number of hydrogen-bond donors (Lipinski definition) is 1. The Bertz CT molecular complexity index is 723. The van der Waals surface area contributed by atoms with Crippen molar-refractivity contribution < 1.29 is 14.3 Å². The number of carbonyl (C=O) groups is 1. The Morgan fingerprint density at radius 3 is 2.57 bits per heavy atom. The Balaban J connectivity index is 2.00. The van der Waals surface area contributed by atoms with Crippen molar-refractivity contribution in [2.75, 3.05) is 13.1 Å². The lowest BCUT2D eigenvalue weighted by molar-refractivity contribution is 0.0693. The van der Waals surface area contributed by atoms with E-state index in [2.05, 4.69) is 11.8 Å². The van der Waals surface area contributed by atoms with Gasteiger partial charge in [0.25, 0.3) is 0 Å². The molecular formula is C19H20FNO2. The zero-order chi connectivity index (χ0) is 16.4. The lowest BCUT2D eigenvalue weighted by atomic mass is 9.96. The Hall–Kier alpha value is -2.20. The van der Waals surface area contributed by atoms with Crippen molar-refractivity contribution in [1.82, 2.24) is 4.90 Å². The molecule has 0 unspecified atom stereocenters. The van der Waals surface area contributed by atoms with Crippen LogP contribution in [0.5, 0.6) is 0 Å². The molecule has 3 nitrogen and oxygen atoms in total. The first-order chi connectivity index (χ1) is 11.1. The summed E-state index contributed by atoms with van der Waals surface area (Å²) in [4.78, 5) is 13.8. The molecule has 0 saturated carbocycles. The largest absolute Gasteiger partial charge is 0.478 e. The van der Waals surface area contributed by atoms with Gasteiger partial charge in [0.2, 0.25) is 0 Å². The fraction of sp³-hybridized carbons (Fsp3) is 0.316. The fourth-order valence-electron chi connectivity index (χ4n) is 3.29. The van der Waals surface area contributed by atoms with E-state index < -0.39 is 11.8 Å². The Kier molecular flexibility index (Phi) is 4.44. The van der Waals surface area contributed by atoms with E-state index in [9.17, 15) is 14.3 Å². The third kappa shape index (κ3) is 3.13. The fourth-order valence-corrected chi connectivity index (χ4v) is 3.29. The zero-order valence-electron chi connectivity index (χ0n) is 13.1. The predicted molar refractivity (Wildman–Crippen MR) is 88.0 cm³/mol. The maximum Gasteiger partial charge on any atom is 0.339 e. The average molecular weight is 313 g/mol. The second-order valence-electron chi connectivity index (χ2n) is 6.01. The van der Waals surface area contributed by atoms with Gasteiger partial charge in [0.05, 0.1) is 0 Å². The molecule has 0 spiro atoms. The van der Waals surface area contributed by atoms with Crippen molar-refractivity contribution in [2.24, 2.45) is 0 Å². The van der Waals surface area contributed by atoms with E-state index in [0.29, 0.717) is 5.56 Å². The maximum atomic E-state index is 13.9. The third-order valence-electron chi connectivity index (χ3n) is 4.60. The molecule has 2 aromatic rings. The van der Waals surface area contributed by atoms with Crippen molar-refractivity contribution in [3.8, 4) is 11.1 Å². The van der Waals surface area contributed by atoms with E-state index in [-0.39, 0.29) is 11.6 Å². The molecule has 1 N–H and O–H groups in total. The summed E-state index contributed by atoms with van der Waals surface area (Å²) in [5.74, 6) is -1.94. The molecule has 0 bridgehead atoms. The molecule has 1 atom stereocenters. The van der Waals surface area contributed by atoms with Gasteiger partial charge in [-0.2, -0.15) is 0 Å². The molecule has 23 heavy (non-hydrogen) atoms. The summed E-state index contributed by atoms with van der Waals surface area (Å²) in [6, 6.07) is 12.4. The van der Waals surface area contributed by atoms with E-state index in [1.807, 2.05) is 24.3 Å². The minimum Gasteiger partial charge on any atom is -0.478 e. The SMILES string of the molecule is C[C@H](c1cccc(-c2cccc(F)c2C(=O)O)c1)N1CCCC1. The van der Waals surface area contributed by atoms with Crippen molar-refractivity contribution >= 4 is 5.97 Å². The van der Waals surface area contributed by atoms with Crippen LogP contribution in [-0.2, 0) is 0 Å². The van der Waals surface area contributed by atoms with Crippen LogP contribution in [0.25, 0.3) is 11.1 Å². The summed E-state index contributed by atoms with van der Waals surface area (Å²) >= 11 is 0. The number of aromatic carboxylic acids is 1. The molecule has 0 aliphatic carbocycles. The molecule has 1 saturated heterocycles. The van der Waals surface area contributed by atoms with Gasteiger partial charge in [0, 0.05) is 6.04 Å². The molecule has 0 radical (unpaired) electrons. The van der Waals surface area contributed by atoms with E-state index >= 15 is 0 Å². The number of rotatable bonds is 4. The summed E-state index contributed by atoms with van der Waals surface area (Å²) in [6.07, 6.45) is 2.44. The second kappa shape index (κ2) is 6.50. The van der Waals surface area contributed by atoms with Crippen molar-refractivity contribution in [1.29, 1.82) is 0 Å². The van der Waals surface area contributed by atoms with Gasteiger partial charge in [-0.05, 0) is 61.7 Å². The van der Waals surface area contributed by atoms with Gasteiger partial charge in [-0.3, -0.25) is 4.90 Å². The highest BCUT2D eigenvalue weighted by atomic mass is 19.1. The smallest absolute Gasteiger partial charge is 0.339 e. The molecule has 1 aliphatic heterocycles. The van der Waals surface area contributed by atoms with Crippen LogP contribution < -0.4 is 0 Å². The molecule has 1 aliphatic rings. The van der Waals surface area contributed by atoms with Gasteiger partial charge < -0.3 is 5.11 Å². The number of nitrogens with zero attached hydrogens (tertiary/aromatic N) is 1. The monoisotopic (exact) mass is 313 g/mol. The summed E-state index contributed by atoms with van der Waals surface area (Å²) in [6.45, 7) is 4.34. The highest BCUT2D eigenvalue weighted by molar-refractivity contribution is 5.96. The first-order valence-corrected chi connectivity index (χ1v) is 7.94. The van der Waals surface area contributed by atoms with Crippen LogP contribution in [0.1, 0.15) is 41.7 Å². The van der Waals surface area contributed by atoms with Crippen LogP contribution in [0.15, 0.2) is 42.5 Å². The van der Waals surface area contributed by atoms with Crippen molar-refractivity contribution in [2.45, 2.75) is 25.8 Å². The van der Waals surface area contributed by atoms with Gasteiger partial charge in [-0.1, -0.05) is 30.3 Å². The van der Waals surface area contributed by atoms with Crippen LogP contribution in [0.2, 0.25) is 0 Å². The lowest BCUT2D eigenvalue weighted by Gasteiger charge is -2.24. The molecule has 120 valence electrons. The van der Waals surface area contributed by atoms with Crippen molar-refractivity contribution in [3.05, 3.63) is 59.4 Å². The van der Waals surface area contributed by atoms with Gasteiger partial charge in [0.1, 0.15) is 11.4 Å². The van der Waals surface area contributed by atoms with Crippen molar-refractivity contribution in [3.63, 3.8) is 0 Å². The van der Waals surface area contributed by atoms with Gasteiger partial charge >= 0.3 is 5.97 Å². The van der Waals surface area contributed by atoms with E-state index in [0.717, 1.165) is 24.2 Å². The molecule has 3 rings (SSSR count). The standard InChI is InChI=1S/C19H20FNO2/c1-13(21-10-2-3-11-21)14-6-4-7-15(12-14)16-8-5-9-17(20)18(16)19(22)23/h4-9,12-13H,2-3,10-11H2,1H3,(H,22,23)/t13-/m1/s1.